The molecular formula is C21H26N2O6S. The van der Waals surface area contributed by atoms with Gasteiger partial charge in [0.2, 0.25) is 10.0 Å². The van der Waals surface area contributed by atoms with Gasteiger partial charge in [0.1, 0.15) is 11.4 Å². The summed E-state index contributed by atoms with van der Waals surface area (Å²) in [6.45, 7) is 4.97. The number of aromatic nitrogens is 1. The van der Waals surface area contributed by atoms with Gasteiger partial charge in [0, 0.05) is 17.3 Å². The molecule has 1 aromatic heterocycles. The van der Waals surface area contributed by atoms with E-state index in [1.165, 1.54) is 23.5 Å². The number of Topliss-reactive ketones (excluding diaryl/α,β-unsaturated/α-hetero) is 1. The van der Waals surface area contributed by atoms with Crippen LogP contribution in [-0.2, 0) is 14.8 Å². The first-order chi connectivity index (χ1) is 14.2. The minimum absolute atomic E-state index is 0.109. The van der Waals surface area contributed by atoms with Crippen LogP contribution >= 0.6 is 0 Å². The number of ether oxygens (including phenoxy) is 2. The minimum atomic E-state index is -3.85. The fourth-order valence-electron chi connectivity index (χ4n) is 3.45. The second kappa shape index (κ2) is 8.61. The summed E-state index contributed by atoms with van der Waals surface area (Å²) in [5, 5.41) is 0. The molecule has 1 aliphatic carbocycles. The number of aryl methyl sites for hydroxylation is 1. The lowest BCUT2D eigenvalue weighted by Crippen LogP contribution is -2.37. The Bertz CT molecular complexity index is 1050. The van der Waals surface area contributed by atoms with Gasteiger partial charge in [0.15, 0.2) is 5.78 Å². The maximum atomic E-state index is 13.2. The maximum absolute atomic E-state index is 13.2. The first kappa shape index (κ1) is 22.0. The van der Waals surface area contributed by atoms with Gasteiger partial charge in [-0.3, -0.25) is 4.79 Å². The topological polar surface area (TPSA) is 106 Å². The highest BCUT2D eigenvalue weighted by molar-refractivity contribution is 7.89. The van der Waals surface area contributed by atoms with Crippen molar-refractivity contribution in [2.75, 3.05) is 20.3 Å². The molecule has 1 N–H and O–H groups in total. The summed E-state index contributed by atoms with van der Waals surface area (Å²) in [7, 11) is -2.35. The van der Waals surface area contributed by atoms with Gasteiger partial charge in [-0.25, -0.2) is 13.2 Å². The normalized spacial score (nSPS) is 14.0. The number of benzene rings is 1. The number of aromatic amines is 1. The van der Waals surface area contributed by atoms with Gasteiger partial charge in [-0.2, -0.15) is 4.31 Å². The molecule has 0 atom stereocenters. The second-order valence-electron chi connectivity index (χ2n) is 7.23. The van der Waals surface area contributed by atoms with E-state index < -0.39 is 16.0 Å². The number of methoxy groups -OCH3 is 1. The molecule has 0 spiro atoms. The third kappa shape index (κ3) is 4.27. The highest BCUT2D eigenvalue weighted by atomic mass is 32.2. The van der Waals surface area contributed by atoms with E-state index in [-0.39, 0.29) is 35.6 Å². The number of carbonyl (C=O) groups is 2. The van der Waals surface area contributed by atoms with Crippen molar-refractivity contribution in [1.29, 1.82) is 0 Å². The summed E-state index contributed by atoms with van der Waals surface area (Å²) in [4.78, 5) is 28.2. The Labute approximate surface area is 176 Å². The Balaban J connectivity index is 1.89. The fourth-order valence-corrected chi connectivity index (χ4v) is 5.09. The number of nitrogens with zero attached hydrogens (tertiary/aromatic N) is 1. The van der Waals surface area contributed by atoms with Gasteiger partial charge in [-0.15, -0.1) is 0 Å². The van der Waals surface area contributed by atoms with Crippen molar-refractivity contribution in [3.05, 3.63) is 46.8 Å². The molecule has 2 aromatic rings. The predicted molar refractivity (Wildman–Crippen MR) is 110 cm³/mol. The molecule has 0 bridgehead atoms. The summed E-state index contributed by atoms with van der Waals surface area (Å²) in [6, 6.07) is 5.89. The summed E-state index contributed by atoms with van der Waals surface area (Å²) < 4.78 is 37.8. The van der Waals surface area contributed by atoms with Gasteiger partial charge in [0.05, 0.1) is 25.2 Å². The van der Waals surface area contributed by atoms with Gasteiger partial charge < -0.3 is 14.5 Å². The zero-order chi connectivity index (χ0) is 22.1. The van der Waals surface area contributed by atoms with Crippen molar-refractivity contribution in [3.63, 3.8) is 0 Å². The number of esters is 1. The van der Waals surface area contributed by atoms with Crippen LogP contribution in [0.4, 0.5) is 0 Å². The van der Waals surface area contributed by atoms with E-state index in [4.69, 9.17) is 9.47 Å². The third-order valence-corrected chi connectivity index (χ3v) is 7.03. The Morgan fingerprint density at radius 1 is 1.17 bits per heavy atom. The highest BCUT2D eigenvalue weighted by Gasteiger charge is 2.40. The number of H-pyrrole nitrogens is 1. The molecular weight excluding hydrogens is 408 g/mol. The number of hydrogen-bond acceptors (Lipinski definition) is 6. The molecule has 1 fully saturated rings. The highest BCUT2D eigenvalue weighted by Crippen LogP contribution is 2.33. The van der Waals surface area contributed by atoms with Crippen LogP contribution in [0, 0.1) is 13.8 Å². The van der Waals surface area contributed by atoms with Crippen LogP contribution in [0.2, 0.25) is 0 Å². The van der Waals surface area contributed by atoms with Crippen molar-refractivity contribution in [3.8, 4) is 5.75 Å². The number of nitrogens with one attached hydrogen (secondary N) is 1. The lowest BCUT2D eigenvalue weighted by Gasteiger charge is -2.21. The van der Waals surface area contributed by atoms with E-state index in [1.54, 1.807) is 32.9 Å². The summed E-state index contributed by atoms with van der Waals surface area (Å²) >= 11 is 0. The van der Waals surface area contributed by atoms with Crippen molar-refractivity contribution >= 4 is 21.8 Å². The van der Waals surface area contributed by atoms with Crippen molar-refractivity contribution < 1.29 is 27.5 Å². The molecule has 8 nitrogen and oxygen atoms in total. The fraction of sp³-hybridized carbons (Fsp3) is 0.429. The lowest BCUT2D eigenvalue weighted by molar-refractivity contribution is 0.0519. The molecule has 0 amide bonds. The minimum Gasteiger partial charge on any atom is -0.497 e. The standard InChI is InChI=1S/C21H26N2O6S/c1-5-29-21(25)20-13(2)19(14(3)22-20)18(24)12-23(15-6-7-15)30(26,27)17-10-8-16(28-4)9-11-17/h8-11,15,22H,5-7,12H2,1-4H3. The van der Waals surface area contributed by atoms with E-state index in [2.05, 4.69) is 4.98 Å². The monoisotopic (exact) mass is 434 g/mol. The number of rotatable bonds is 9. The summed E-state index contributed by atoms with van der Waals surface area (Å²) in [5.41, 5.74) is 1.52. The molecule has 0 saturated heterocycles. The zero-order valence-corrected chi connectivity index (χ0v) is 18.3. The van der Waals surface area contributed by atoms with Gasteiger partial charge in [-0.05, 0) is 63.4 Å². The quantitative estimate of drug-likeness (QED) is 0.481. The summed E-state index contributed by atoms with van der Waals surface area (Å²) in [5.74, 6) is -0.351. The van der Waals surface area contributed by atoms with Crippen LogP contribution in [0.15, 0.2) is 29.2 Å². The van der Waals surface area contributed by atoms with Crippen LogP contribution in [0.3, 0.4) is 0 Å². The van der Waals surface area contributed by atoms with Crippen LogP contribution < -0.4 is 4.74 Å². The molecule has 1 saturated carbocycles. The van der Waals surface area contributed by atoms with Crippen molar-refractivity contribution in [2.24, 2.45) is 0 Å². The molecule has 9 heteroatoms. The van der Waals surface area contributed by atoms with E-state index in [0.717, 1.165) is 0 Å². The Hall–Kier alpha value is -2.65. The van der Waals surface area contributed by atoms with Gasteiger partial charge in [-0.1, -0.05) is 0 Å². The van der Waals surface area contributed by atoms with Crippen LogP contribution in [0.5, 0.6) is 5.75 Å². The second-order valence-corrected chi connectivity index (χ2v) is 9.12. The van der Waals surface area contributed by atoms with Gasteiger partial charge >= 0.3 is 5.97 Å². The van der Waals surface area contributed by atoms with E-state index >= 15 is 0 Å². The van der Waals surface area contributed by atoms with Crippen molar-refractivity contribution in [2.45, 2.75) is 44.6 Å². The Kier molecular flexibility index (Phi) is 6.33. The Morgan fingerprint density at radius 3 is 2.33 bits per heavy atom. The zero-order valence-electron chi connectivity index (χ0n) is 17.5. The maximum Gasteiger partial charge on any atom is 0.355 e. The van der Waals surface area contributed by atoms with E-state index in [9.17, 15) is 18.0 Å². The number of ketones is 1. The smallest absolute Gasteiger partial charge is 0.355 e. The average Bonchev–Trinajstić information content (AvgIpc) is 3.50. The van der Waals surface area contributed by atoms with Crippen molar-refractivity contribution in [1.82, 2.24) is 9.29 Å². The molecule has 1 aliphatic rings. The third-order valence-electron chi connectivity index (χ3n) is 5.12. The molecule has 0 aliphatic heterocycles. The largest absolute Gasteiger partial charge is 0.497 e. The molecule has 0 unspecified atom stereocenters. The van der Waals surface area contributed by atoms with Crippen LogP contribution in [-0.4, -0.2) is 55.8 Å². The first-order valence-electron chi connectivity index (χ1n) is 9.76. The number of sulfonamides is 1. The van der Waals surface area contributed by atoms with Crippen LogP contribution in [0.25, 0.3) is 0 Å². The predicted octanol–water partition coefficient (Wildman–Crippen LogP) is 2.85. The molecule has 0 radical (unpaired) electrons. The summed E-state index contributed by atoms with van der Waals surface area (Å²) in [6.07, 6.45) is 1.42. The number of carbonyl (C=O) groups excluding carboxylic acids is 2. The SMILES string of the molecule is CCOC(=O)c1[nH]c(C)c(C(=O)CN(C2CC2)S(=O)(=O)c2ccc(OC)cc2)c1C. The molecule has 3 rings (SSSR count). The molecule has 1 heterocycles. The molecule has 162 valence electrons. The lowest BCUT2D eigenvalue weighted by atomic mass is 10.1. The molecule has 30 heavy (non-hydrogen) atoms. The van der Waals surface area contributed by atoms with Crippen LogP contribution in [0.1, 0.15) is 51.9 Å². The first-order valence-corrected chi connectivity index (χ1v) is 11.2. The number of hydrogen-bond donors (Lipinski definition) is 1. The van der Waals surface area contributed by atoms with Gasteiger partial charge in [0.25, 0.3) is 0 Å². The molecule has 1 aromatic carbocycles. The average molecular weight is 435 g/mol. The Morgan fingerprint density at radius 2 is 1.80 bits per heavy atom. The van der Waals surface area contributed by atoms with E-state index in [0.29, 0.717) is 35.4 Å². The van der Waals surface area contributed by atoms with E-state index in [1.807, 2.05) is 0 Å².